The summed E-state index contributed by atoms with van der Waals surface area (Å²) < 4.78 is 18.8. The summed E-state index contributed by atoms with van der Waals surface area (Å²) in [6.07, 6.45) is 2.78. The number of fused-ring (bicyclic) bond motifs is 1. The fourth-order valence-electron chi connectivity index (χ4n) is 1.99. The lowest BCUT2D eigenvalue weighted by Crippen LogP contribution is -2.06. The second kappa shape index (κ2) is 5.32. The number of rotatable bonds is 5. The van der Waals surface area contributed by atoms with Crippen molar-refractivity contribution in [2.45, 2.75) is 38.7 Å². The first kappa shape index (κ1) is 12.1. The van der Waals surface area contributed by atoms with E-state index in [2.05, 4.69) is 0 Å². The van der Waals surface area contributed by atoms with Gasteiger partial charge in [0.05, 0.1) is 6.10 Å². The minimum atomic E-state index is -0.331. The number of aliphatic hydroxyl groups is 1. The van der Waals surface area contributed by atoms with Gasteiger partial charge in [0.15, 0.2) is 11.4 Å². The van der Waals surface area contributed by atoms with Crippen LogP contribution < -0.4 is 0 Å². The molecule has 2 nitrogen and oxygen atoms in total. The summed E-state index contributed by atoms with van der Waals surface area (Å²) in [6.45, 7) is 2.04. The second-order valence-electron chi connectivity index (χ2n) is 4.35. The van der Waals surface area contributed by atoms with Crippen LogP contribution in [-0.2, 0) is 6.42 Å². The third-order valence-electron chi connectivity index (χ3n) is 2.89. The molecule has 92 valence electrons. The van der Waals surface area contributed by atoms with E-state index in [9.17, 15) is 9.50 Å². The predicted molar refractivity (Wildman–Crippen MR) is 65.4 cm³/mol. The Morgan fingerprint density at radius 1 is 1.35 bits per heavy atom. The standard InChI is InChI=1S/C14H17FO2/c1-2-4-11(16)7-8-12-9-10-5-3-6-13(15)14(10)17-12/h3,5-6,9,11,16H,2,4,7-8H2,1H3. The van der Waals surface area contributed by atoms with Gasteiger partial charge >= 0.3 is 0 Å². The highest BCUT2D eigenvalue weighted by Crippen LogP contribution is 2.23. The average Bonchev–Trinajstić information content (AvgIpc) is 2.71. The molecule has 0 aliphatic rings. The molecule has 1 N–H and O–H groups in total. The van der Waals surface area contributed by atoms with Crippen molar-refractivity contribution in [2.75, 3.05) is 0 Å². The van der Waals surface area contributed by atoms with Crippen LogP contribution in [0.4, 0.5) is 4.39 Å². The van der Waals surface area contributed by atoms with Crippen molar-refractivity contribution in [2.24, 2.45) is 0 Å². The van der Waals surface area contributed by atoms with Crippen LogP contribution >= 0.6 is 0 Å². The molecule has 1 aromatic carbocycles. The van der Waals surface area contributed by atoms with Crippen molar-refractivity contribution in [3.8, 4) is 0 Å². The molecule has 0 aliphatic heterocycles. The Morgan fingerprint density at radius 2 is 2.18 bits per heavy atom. The molecule has 1 atom stereocenters. The molecule has 2 aromatic rings. The van der Waals surface area contributed by atoms with E-state index in [1.807, 2.05) is 19.1 Å². The van der Waals surface area contributed by atoms with Crippen LogP contribution in [0.3, 0.4) is 0 Å². The molecule has 2 rings (SSSR count). The maximum absolute atomic E-state index is 13.4. The molecule has 0 spiro atoms. The summed E-state index contributed by atoms with van der Waals surface area (Å²) in [6, 6.07) is 6.73. The van der Waals surface area contributed by atoms with E-state index in [0.717, 1.165) is 24.0 Å². The number of hydrogen-bond acceptors (Lipinski definition) is 2. The van der Waals surface area contributed by atoms with Gasteiger partial charge in [-0.1, -0.05) is 25.5 Å². The Morgan fingerprint density at radius 3 is 2.88 bits per heavy atom. The molecule has 3 heteroatoms. The minimum Gasteiger partial charge on any atom is -0.458 e. The Bertz CT molecular complexity index is 490. The summed E-state index contributed by atoms with van der Waals surface area (Å²) in [5, 5.41) is 10.4. The van der Waals surface area contributed by atoms with Crippen molar-refractivity contribution >= 4 is 11.0 Å². The molecule has 1 aromatic heterocycles. The number of benzene rings is 1. The number of aliphatic hydroxyl groups excluding tert-OH is 1. The first-order valence-corrected chi connectivity index (χ1v) is 6.05. The zero-order valence-corrected chi connectivity index (χ0v) is 9.95. The predicted octanol–water partition coefficient (Wildman–Crippen LogP) is 3.67. The van der Waals surface area contributed by atoms with Gasteiger partial charge in [-0.15, -0.1) is 0 Å². The molecule has 0 radical (unpaired) electrons. The number of furan rings is 1. The van der Waals surface area contributed by atoms with Gasteiger partial charge in [-0.3, -0.25) is 0 Å². The lowest BCUT2D eigenvalue weighted by molar-refractivity contribution is 0.152. The highest BCUT2D eigenvalue weighted by molar-refractivity contribution is 5.78. The van der Waals surface area contributed by atoms with Gasteiger partial charge in [0.25, 0.3) is 0 Å². The van der Waals surface area contributed by atoms with Crippen LogP contribution in [0.5, 0.6) is 0 Å². The Hall–Kier alpha value is -1.35. The number of aryl methyl sites for hydroxylation is 1. The zero-order valence-electron chi connectivity index (χ0n) is 9.95. The average molecular weight is 236 g/mol. The van der Waals surface area contributed by atoms with E-state index < -0.39 is 0 Å². The maximum Gasteiger partial charge on any atom is 0.169 e. The monoisotopic (exact) mass is 236 g/mol. The van der Waals surface area contributed by atoms with Crippen LogP contribution in [0.15, 0.2) is 28.7 Å². The molecule has 0 bridgehead atoms. The van der Waals surface area contributed by atoms with Gasteiger partial charge in [-0.05, 0) is 25.0 Å². The Kier molecular flexibility index (Phi) is 3.79. The van der Waals surface area contributed by atoms with Gasteiger partial charge in [-0.2, -0.15) is 0 Å². The lowest BCUT2D eigenvalue weighted by Gasteiger charge is -2.06. The summed E-state index contributed by atoms with van der Waals surface area (Å²) in [4.78, 5) is 0. The zero-order chi connectivity index (χ0) is 12.3. The fourth-order valence-corrected chi connectivity index (χ4v) is 1.99. The minimum absolute atomic E-state index is 0.293. The Labute approximate surface area is 100 Å². The van der Waals surface area contributed by atoms with E-state index >= 15 is 0 Å². The molecular weight excluding hydrogens is 219 g/mol. The number of para-hydroxylation sites is 1. The Balaban J connectivity index is 2.07. The van der Waals surface area contributed by atoms with Crippen LogP contribution in [0.2, 0.25) is 0 Å². The topological polar surface area (TPSA) is 33.4 Å². The van der Waals surface area contributed by atoms with Crippen molar-refractivity contribution in [3.05, 3.63) is 35.8 Å². The third-order valence-corrected chi connectivity index (χ3v) is 2.89. The van der Waals surface area contributed by atoms with Crippen LogP contribution in [0.25, 0.3) is 11.0 Å². The second-order valence-corrected chi connectivity index (χ2v) is 4.35. The number of hydrogen-bond donors (Lipinski definition) is 1. The first-order chi connectivity index (χ1) is 8.20. The van der Waals surface area contributed by atoms with Crippen molar-refractivity contribution in [1.82, 2.24) is 0 Å². The van der Waals surface area contributed by atoms with E-state index in [-0.39, 0.29) is 11.9 Å². The van der Waals surface area contributed by atoms with Crippen LogP contribution in [-0.4, -0.2) is 11.2 Å². The maximum atomic E-state index is 13.4. The molecule has 0 saturated heterocycles. The molecule has 0 saturated carbocycles. The van der Waals surface area contributed by atoms with Gasteiger partial charge in [0.1, 0.15) is 5.76 Å². The highest BCUT2D eigenvalue weighted by Gasteiger charge is 2.09. The summed E-state index contributed by atoms with van der Waals surface area (Å²) >= 11 is 0. The summed E-state index contributed by atoms with van der Waals surface area (Å²) in [7, 11) is 0. The van der Waals surface area contributed by atoms with Gasteiger partial charge in [0.2, 0.25) is 0 Å². The van der Waals surface area contributed by atoms with E-state index in [4.69, 9.17) is 4.42 Å². The highest BCUT2D eigenvalue weighted by atomic mass is 19.1. The summed E-state index contributed by atoms with van der Waals surface area (Å²) in [5.74, 6) is 0.406. The molecule has 1 unspecified atom stereocenters. The third kappa shape index (κ3) is 2.86. The van der Waals surface area contributed by atoms with Crippen LogP contribution in [0.1, 0.15) is 31.9 Å². The number of halogens is 1. The van der Waals surface area contributed by atoms with Gasteiger partial charge in [-0.25, -0.2) is 4.39 Å². The largest absolute Gasteiger partial charge is 0.458 e. The first-order valence-electron chi connectivity index (χ1n) is 6.05. The quantitative estimate of drug-likeness (QED) is 0.859. The van der Waals surface area contributed by atoms with E-state index in [1.54, 1.807) is 6.07 Å². The van der Waals surface area contributed by atoms with Gasteiger partial charge in [0, 0.05) is 11.8 Å². The molecule has 0 fully saturated rings. The smallest absolute Gasteiger partial charge is 0.169 e. The molecule has 0 aliphatic carbocycles. The van der Waals surface area contributed by atoms with Gasteiger partial charge < -0.3 is 9.52 Å². The van der Waals surface area contributed by atoms with Crippen molar-refractivity contribution < 1.29 is 13.9 Å². The van der Waals surface area contributed by atoms with E-state index in [1.165, 1.54) is 6.07 Å². The molecular formula is C14H17FO2. The summed E-state index contributed by atoms with van der Waals surface area (Å²) in [5.41, 5.74) is 0.312. The fraction of sp³-hybridized carbons (Fsp3) is 0.429. The molecule has 0 amide bonds. The van der Waals surface area contributed by atoms with Crippen LogP contribution in [0, 0.1) is 5.82 Å². The van der Waals surface area contributed by atoms with Crippen molar-refractivity contribution in [3.63, 3.8) is 0 Å². The van der Waals surface area contributed by atoms with Crippen molar-refractivity contribution in [1.29, 1.82) is 0 Å². The SMILES string of the molecule is CCCC(O)CCc1cc2cccc(F)c2o1. The lowest BCUT2D eigenvalue weighted by atomic mass is 10.1. The molecule has 1 heterocycles. The van der Waals surface area contributed by atoms with E-state index in [0.29, 0.717) is 18.4 Å². The molecule has 17 heavy (non-hydrogen) atoms. The normalized spacial score (nSPS) is 13.1.